The van der Waals surface area contributed by atoms with Crippen LogP contribution < -0.4 is 5.73 Å². The number of hydrogen-bond acceptors (Lipinski definition) is 3. The first-order chi connectivity index (χ1) is 9.06. The van der Waals surface area contributed by atoms with E-state index in [0.29, 0.717) is 19.5 Å². The Bertz CT molecular complexity index is 411. The van der Waals surface area contributed by atoms with Crippen LogP contribution in [-0.4, -0.2) is 36.1 Å². The molecule has 0 aliphatic carbocycles. The fourth-order valence-corrected chi connectivity index (χ4v) is 2.52. The minimum absolute atomic E-state index is 0.0978. The largest absolute Gasteiger partial charge is 0.372 e. The molecule has 1 aliphatic rings. The molecule has 1 heterocycles. The van der Waals surface area contributed by atoms with E-state index in [1.54, 1.807) is 0 Å². The Labute approximate surface area is 114 Å². The van der Waals surface area contributed by atoms with Crippen molar-refractivity contribution in [1.82, 2.24) is 4.90 Å². The van der Waals surface area contributed by atoms with Crippen molar-refractivity contribution in [2.24, 2.45) is 5.73 Å². The van der Waals surface area contributed by atoms with Gasteiger partial charge in [0.25, 0.3) is 0 Å². The van der Waals surface area contributed by atoms with Gasteiger partial charge in [-0.3, -0.25) is 4.79 Å². The van der Waals surface area contributed by atoms with E-state index in [4.69, 9.17) is 10.5 Å². The molecule has 0 bridgehead atoms. The third-order valence-corrected chi connectivity index (χ3v) is 3.39. The summed E-state index contributed by atoms with van der Waals surface area (Å²) in [5, 5.41) is 0. The van der Waals surface area contributed by atoms with Crippen LogP contribution in [0.3, 0.4) is 0 Å². The van der Waals surface area contributed by atoms with Crippen LogP contribution in [-0.2, 0) is 9.53 Å². The Hall–Kier alpha value is -1.39. The smallest absolute Gasteiger partial charge is 0.224 e. The normalized spacial score (nSPS) is 25.1. The van der Waals surface area contributed by atoms with Gasteiger partial charge in [-0.2, -0.15) is 0 Å². The minimum Gasteiger partial charge on any atom is -0.372 e. The van der Waals surface area contributed by atoms with Gasteiger partial charge in [0.1, 0.15) is 0 Å². The summed E-state index contributed by atoms with van der Waals surface area (Å²) in [6.07, 6.45) is 0.546. The molecule has 1 aromatic rings. The molecule has 19 heavy (non-hydrogen) atoms. The predicted octanol–water partition coefficient (Wildman–Crippen LogP) is 1.71. The lowest BCUT2D eigenvalue weighted by molar-refractivity contribution is -0.143. The Kier molecular flexibility index (Phi) is 4.56. The van der Waals surface area contributed by atoms with E-state index < -0.39 is 0 Å². The zero-order valence-electron chi connectivity index (χ0n) is 11.6. The molecule has 1 saturated heterocycles. The highest BCUT2D eigenvalue weighted by Gasteiger charge is 2.26. The molecule has 0 spiro atoms. The Morgan fingerprint density at radius 3 is 2.47 bits per heavy atom. The van der Waals surface area contributed by atoms with Crippen LogP contribution in [0.4, 0.5) is 0 Å². The number of amides is 1. The molecule has 1 aliphatic heterocycles. The van der Waals surface area contributed by atoms with Gasteiger partial charge in [0.05, 0.1) is 12.2 Å². The molecular formula is C15H22N2O2. The van der Waals surface area contributed by atoms with Crippen molar-refractivity contribution in [3.8, 4) is 0 Å². The van der Waals surface area contributed by atoms with Gasteiger partial charge in [0.15, 0.2) is 0 Å². The number of nitrogens with zero attached hydrogens (tertiary/aromatic N) is 1. The summed E-state index contributed by atoms with van der Waals surface area (Å²) in [5.74, 6) is 0.110. The third-order valence-electron chi connectivity index (χ3n) is 3.39. The van der Waals surface area contributed by atoms with Gasteiger partial charge < -0.3 is 15.4 Å². The monoisotopic (exact) mass is 262 g/mol. The molecule has 4 heteroatoms. The van der Waals surface area contributed by atoms with E-state index in [1.807, 2.05) is 49.1 Å². The lowest BCUT2D eigenvalue weighted by atomic mass is 10.0. The third kappa shape index (κ3) is 3.78. The number of carbonyl (C=O) groups is 1. The highest BCUT2D eigenvalue weighted by Crippen LogP contribution is 2.17. The second kappa shape index (κ2) is 6.17. The van der Waals surface area contributed by atoms with Crippen molar-refractivity contribution in [2.45, 2.75) is 38.5 Å². The van der Waals surface area contributed by atoms with Crippen LogP contribution in [0.2, 0.25) is 0 Å². The number of morpholine rings is 1. The number of benzene rings is 1. The van der Waals surface area contributed by atoms with Crippen LogP contribution in [0.5, 0.6) is 0 Å². The van der Waals surface area contributed by atoms with Crippen molar-refractivity contribution in [1.29, 1.82) is 0 Å². The quantitative estimate of drug-likeness (QED) is 0.902. The summed E-state index contributed by atoms with van der Waals surface area (Å²) in [4.78, 5) is 14.1. The summed E-state index contributed by atoms with van der Waals surface area (Å²) in [5.41, 5.74) is 7.10. The fraction of sp³-hybridized carbons (Fsp3) is 0.533. The standard InChI is InChI=1S/C15H22N2O2/c1-11-9-17(10-12(2)19-11)15(18)8-14(16)13-6-4-3-5-7-13/h3-7,11-12,14H,8-10,16H2,1-2H3/t11-,12+,14?. The molecular weight excluding hydrogens is 240 g/mol. The maximum absolute atomic E-state index is 12.3. The summed E-state index contributed by atoms with van der Waals surface area (Å²) in [6, 6.07) is 9.52. The molecule has 1 unspecified atom stereocenters. The van der Waals surface area contributed by atoms with Crippen molar-refractivity contribution < 1.29 is 9.53 Å². The molecule has 1 fully saturated rings. The van der Waals surface area contributed by atoms with Crippen LogP contribution in [0.15, 0.2) is 30.3 Å². The molecule has 3 atom stereocenters. The molecule has 0 radical (unpaired) electrons. The number of carbonyl (C=O) groups excluding carboxylic acids is 1. The highest BCUT2D eigenvalue weighted by molar-refractivity contribution is 5.77. The number of nitrogens with two attached hydrogens (primary N) is 1. The molecule has 0 saturated carbocycles. The van der Waals surface area contributed by atoms with Crippen molar-refractivity contribution in [3.63, 3.8) is 0 Å². The van der Waals surface area contributed by atoms with Gasteiger partial charge >= 0.3 is 0 Å². The summed E-state index contributed by atoms with van der Waals surface area (Å²) in [6.45, 7) is 5.30. The maximum Gasteiger partial charge on any atom is 0.224 e. The summed E-state index contributed by atoms with van der Waals surface area (Å²) in [7, 11) is 0. The van der Waals surface area contributed by atoms with E-state index in [9.17, 15) is 4.79 Å². The van der Waals surface area contributed by atoms with E-state index in [2.05, 4.69) is 0 Å². The minimum atomic E-state index is -0.234. The van der Waals surface area contributed by atoms with Gasteiger partial charge in [-0.15, -0.1) is 0 Å². The number of rotatable bonds is 3. The molecule has 0 aromatic heterocycles. The van der Waals surface area contributed by atoms with Gasteiger partial charge in [0, 0.05) is 25.6 Å². The first-order valence-corrected chi connectivity index (χ1v) is 6.80. The molecule has 4 nitrogen and oxygen atoms in total. The SMILES string of the molecule is C[C@@H]1CN(C(=O)CC(N)c2ccccc2)C[C@H](C)O1. The summed E-state index contributed by atoms with van der Waals surface area (Å²) < 4.78 is 5.63. The average Bonchev–Trinajstić information content (AvgIpc) is 2.38. The topological polar surface area (TPSA) is 55.6 Å². The second-order valence-electron chi connectivity index (χ2n) is 5.28. The van der Waals surface area contributed by atoms with Crippen LogP contribution in [0.1, 0.15) is 31.9 Å². The van der Waals surface area contributed by atoms with Gasteiger partial charge in [-0.25, -0.2) is 0 Å². The van der Waals surface area contributed by atoms with Crippen LogP contribution in [0.25, 0.3) is 0 Å². The van der Waals surface area contributed by atoms with E-state index in [-0.39, 0.29) is 24.2 Å². The molecule has 2 N–H and O–H groups in total. The average molecular weight is 262 g/mol. The van der Waals surface area contributed by atoms with Gasteiger partial charge in [0.2, 0.25) is 5.91 Å². The first kappa shape index (κ1) is 14.0. The fourth-order valence-electron chi connectivity index (χ4n) is 2.52. The zero-order valence-corrected chi connectivity index (χ0v) is 11.6. The van der Waals surface area contributed by atoms with Crippen LogP contribution >= 0.6 is 0 Å². The molecule has 2 rings (SSSR count). The van der Waals surface area contributed by atoms with E-state index >= 15 is 0 Å². The predicted molar refractivity (Wildman–Crippen MR) is 74.6 cm³/mol. The second-order valence-corrected chi connectivity index (χ2v) is 5.28. The molecule has 1 aromatic carbocycles. The summed E-state index contributed by atoms with van der Waals surface area (Å²) >= 11 is 0. The Morgan fingerprint density at radius 1 is 1.32 bits per heavy atom. The van der Waals surface area contributed by atoms with Crippen LogP contribution in [0, 0.1) is 0 Å². The molecule has 1 amide bonds. The Morgan fingerprint density at radius 2 is 1.89 bits per heavy atom. The van der Waals surface area contributed by atoms with Crippen molar-refractivity contribution >= 4 is 5.91 Å². The van der Waals surface area contributed by atoms with Gasteiger partial charge in [-0.05, 0) is 19.4 Å². The van der Waals surface area contributed by atoms with Gasteiger partial charge in [-0.1, -0.05) is 30.3 Å². The number of hydrogen-bond donors (Lipinski definition) is 1. The van der Waals surface area contributed by atoms with E-state index in [1.165, 1.54) is 0 Å². The lowest BCUT2D eigenvalue weighted by Gasteiger charge is -2.35. The number of ether oxygens (including phenoxy) is 1. The lowest BCUT2D eigenvalue weighted by Crippen LogP contribution is -2.48. The van der Waals surface area contributed by atoms with E-state index in [0.717, 1.165) is 5.56 Å². The molecule has 104 valence electrons. The highest BCUT2D eigenvalue weighted by atomic mass is 16.5. The zero-order chi connectivity index (χ0) is 13.8. The maximum atomic E-state index is 12.3. The Balaban J connectivity index is 1.93. The van der Waals surface area contributed by atoms with Crippen molar-refractivity contribution in [2.75, 3.05) is 13.1 Å². The first-order valence-electron chi connectivity index (χ1n) is 6.80. The van der Waals surface area contributed by atoms with Crippen molar-refractivity contribution in [3.05, 3.63) is 35.9 Å².